The summed E-state index contributed by atoms with van der Waals surface area (Å²) >= 11 is 0. The number of ketones is 1. The van der Waals surface area contributed by atoms with E-state index in [4.69, 9.17) is 0 Å². The van der Waals surface area contributed by atoms with Crippen LogP contribution in [0.25, 0.3) is 11.1 Å². The number of nitrogens with zero attached hydrogens (tertiary/aromatic N) is 1. The van der Waals surface area contributed by atoms with Crippen molar-refractivity contribution in [3.63, 3.8) is 0 Å². The molecule has 4 heteroatoms. The second-order valence-corrected chi connectivity index (χ2v) is 6.99. The van der Waals surface area contributed by atoms with Crippen molar-refractivity contribution >= 4 is 11.8 Å². The number of hydrogen-bond donors (Lipinski definition) is 1. The number of carboxylic acids is 1. The zero-order chi connectivity index (χ0) is 16.8. The molecule has 0 aliphatic heterocycles. The summed E-state index contributed by atoms with van der Waals surface area (Å²) in [6.07, 6.45) is 1.06. The molecule has 4 nitrogen and oxygen atoms in total. The molecule has 0 saturated heterocycles. The standard InChI is InChI=1S/C19H19NO3/c1-11-4-6-12(7-5-11)13-8-14(18(22)23)20-15-9-19(2,3)10-16(21)17(13)15/h4-8H,9-10H2,1-3H3,(H,22,23). The minimum atomic E-state index is -1.07. The van der Waals surface area contributed by atoms with Crippen LogP contribution in [-0.2, 0) is 6.42 Å². The molecule has 2 aromatic rings. The van der Waals surface area contributed by atoms with E-state index in [1.54, 1.807) is 0 Å². The van der Waals surface area contributed by atoms with E-state index in [0.717, 1.165) is 11.1 Å². The third-order valence-corrected chi connectivity index (χ3v) is 4.24. The highest BCUT2D eigenvalue weighted by Crippen LogP contribution is 2.38. The van der Waals surface area contributed by atoms with Crippen molar-refractivity contribution in [2.24, 2.45) is 5.41 Å². The van der Waals surface area contributed by atoms with Gasteiger partial charge in [0.05, 0.1) is 5.69 Å². The Bertz CT molecular complexity index is 804. The lowest BCUT2D eigenvalue weighted by atomic mass is 9.74. The molecule has 0 atom stereocenters. The molecule has 118 valence electrons. The number of rotatable bonds is 2. The lowest BCUT2D eigenvalue weighted by molar-refractivity contribution is 0.0688. The highest BCUT2D eigenvalue weighted by molar-refractivity contribution is 6.05. The molecular weight excluding hydrogens is 290 g/mol. The lowest BCUT2D eigenvalue weighted by Crippen LogP contribution is -2.29. The highest BCUT2D eigenvalue weighted by Gasteiger charge is 2.34. The number of carbonyl (C=O) groups excluding carboxylic acids is 1. The number of pyridine rings is 1. The first-order valence-electron chi connectivity index (χ1n) is 7.64. The van der Waals surface area contributed by atoms with Gasteiger partial charge in [0.1, 0.15) is 5.69 Å². The fourth-order valence-electron chi connectivity index (χ4n) is 3.15. The van der Waals surface area contributed by atoms with Crippen LogP contribution in [0.3, 0.4) is 0 Å². The molecule has 0 radical (unpaired) electrons. The normalized spacial score (nSPS) is 16.0. The van der Waals surface area contributed by atoms with Crippen LogP contribution in [0.2, 0.25) is 0 Å². The van der Waals surface area contributed by atoms with Gasteiger partial charge in [0.2, 0.25) is 0 Å². The topological polar surface area (TPSA) is 67.3 Å². The average molecular weight is 309 g/mol. The van der Waals surface area contributed by atoms with Crippen LogP contribution in [0, 0.1) is 12.3 Å². The average Bonchev–Trinajstić information content (AvgIpc) is 2.45. The number of hydrogen-bond acceptors (Lipinski definition) is 3. The monoisotopic (exact) mass is 309 g/mol. The predicted octanol–water partition coefficient (Wildman–Crippen LogP) is 3.91. The maximum Gasteiger partial charge on any atom is 0.354 e. The summed E-state index contributed by atoms with van der Waals surface area (Å²) < 4.78 is 0. The van der Waals surface area contributed by atoms with Gasteiger partial charge in [-0.25, -0.2) is 9.78 Å². The van der Waals surface area contributed by atoms with Gasteiger partial charge in [0, 0.05) is 12.0 Å². The van der Waals surface area contributed by atoms with Gasteiger partial charge < -0.3 is 5.11 Å². The molecule has 1 N–H and O–H groups in total. The molecule has 23 heavy (non-hydrogen) atoms. The predicted molar refractivity (Wildman–Crippen MR) is 87.8 cm³/mol. The molecule has 0 amide bonds. The van der Waals surface area contributed by atoms with Crippen LogP contribution in [0.15, 0.2) is 30.3 Å². The summed E-state index contributed by atoms with van der Waals surface area (Å²) in [5.74, 6) is -1.03. The van der Waals surface area contributed by atoms with E-state index >= 15 is 0 Å². The minimum Gasteiger partial charge on any atom is -0.477 e. The van der Waals surface area contributed by atoms with Crippen molar-refractivity contribution < 1.29 is 14.7 Å². The van der Waals surface area contributed by atoms with Gasteiger partial charge in [0.25, 0.3) is 0 Å². The van der Waals surface area contributed by atoms with E-state index in [-0.39, 0.29) is 16.9 Å². The molecule has 1 heterocycles. The van der Waals surface area contributed by atoms with Crippen LogP contribution >= 0.6 is 0 Å². The van der Waals surface area contributed by atoms with E-state index in [1.807, 2.05) is 45.0 Å². The third kappa shape index (κ3) is 2.89. The summed E-state index contributed by atoms with van der Waals surface area (Å²) in [7, 11) is 0. The maximum absolute atomic E-state index is 12.7. The van der Waals surface area contributed by atoms with Crippen LogP contribution < -0.4 is 0 Å². The molecule has 1 aliphatic carbocycles. The quantitative estimate of drug-likeness (QED) is 0.913. The SMILES string of the molecule is Cc1ccc(-c2cc(C(=O)O)nc3c2C(=O)CC(C)(C)C3)cc1. The summed E-state index contributed by atoms with van der Waals surface area (Å²) in [5.41, 5.74) is 3.61. The Morgan fingerprint density at radius 3 is 2.43 bits per heavy atom. The molecular formula is C19H19NO3. The summed E-state index contributed by atoms with van der Waals surface area (Å²) in [6.45, 7) is 6.01. The van der Waals surface area contributed by atoms with Crippen molar-refractivity contribution in [3.05, 3.63) is 52.8 Å². The van der Waals surface area contributed by atoms with E-state index in [9.17, 15) is 14.7 Å². The molecule has 1 aromatic carbocycles. The molecule has 0 saturated carbocycles. The first kappa shape index (κ1) is 15.4. The number of Topliss-reactive ketones (excluding diaryl/α,β-unsaturated/α-hetero) is 1. The summed E-state index contributed by atoms with van der Waals surface area (Å²) in [5, 5.41) is 9.35. The van der Waals surface area contributed by atoms with Gasteiger partial charge in [-0.15, -0.1) is 0 Å². The van der Waals surface area contributed by atoms with Gasteiger partial charge in [-0.2, -0.15) is 0 Å². The van der Waals surface area contributed by atoms with Crippen molar-refractivity contribution in [2.45, 2.75) is 33.6 Å². The Morgan fingerprint density at radius 1 is 1.17 bits per heavy atom. The van der Waals surface area contributed by atoms with Gasteiger partial charge in [-0.05, 0) is 36.0 Å². The summed E-state index contributed by atoms with van der Waals surface area (Å²) in [6, 6.07) is 9.27. The Labute approximate surface area is 135 Å². The van der Waals surface area contributed by atoms with Crippen LogP contribution in [0.5, 0.6) is 0 Å². The number of benzene rings is 1. The van der Waals surface area contributed by atoms with Crippen molar-refractivity contribution in [1.29, 1.82) is 0 Å². The number of aromatic nitrogens is 1. The van der Waals surface area contributed by atoms with Crippen LogP contribution in [0.1, 0.15) is 52.4 Å². The first-order chi connectivity index (χ1) is 10.8. The number of aromatic carboxylic acids is 1. The van der Waals surface area contributed by atoms with Gasteiger partial charge in [-0.1, -0.05) is 43.7 Å². The Kier molecular flexibility index (Phi) is 3.55. The molecule has 0 unspecified atom stereocenters. The second-order valence-electron chi connectivity index (χ2n) is 6.99. The third-order valence-electron chi connectivity index (χ3n) is 4.24. The first-order valence-corrected chi connectivity index (χ1v) is 7.64. The fraction of sp³-hybridized carbons (Fsp3) is 0.316. The van der Waals surface area contributed by atoms with Crippen molar-refractivity contribution in [3.8, 4) is 11.1 Å². The Hall–Kier alpha value is -2.49. The van der Waals surface area contributed by atoms with Gasteiger partial charge in [-0.3, -0.25) is 4.79 Å². The zero-order valence-corrected chi connectivity index (χ0v) is 13.5. The molecule has 0 bridgehead atoms. The largest absolute Gasteiger partial charge is 0.477 e. The molecule has 1 aromatic heterocycles. The van der Waals surface area contributed by atoms with Gasteiger partial charge >= 0.3 is 5.97 Å². The summed E-state index contributed by atoms with van der Waals surface area (Å²) in [4.78, 5) is 28.3. The molecule has 3 rings (SSSR count). The zero-order valence-electron chi connectivity index (χ0n) is 13.5. The Balaban J connectivity index is 2.26. The molecule has 0 spiro atoms. The molecule has 0 fully saturated rings. The number of carboxylic acid groups (broad SMARTS) is 1. The Morgan fingerprint density at radius 2 is 1.83 bits per heavy atom. The number of carbonyl (C=O) groups is 2. The highest BCUT2D eigenvalue weighted by atomic mass is 16.4. The van der Waals surface area contributed by atoms with E-state index in [0.29, 0.717) is 29.7 Å². The van der Waals surface area contributed by atoms with Crippen LogP contribution in [-0.4, -0.2) is 21.8 Å². The van der Waals surface area contributed by atoms with Crippen LogP contribution in [0.4, 0.5) is 0 Å². The number of fused-ring (bicyclic) bond motifs is 1. The maximum atomic E-state index is 12.7. The van der Waals surface area contributed by atoms with Gasteiger partial charge in [0.15, 0.2) is 5.78 Å². The van der Waals surface area contributed by atoms with E-state index in [2.05, 4.69) is 4.98 Å². The minimum absolute atomic E-state index is 0.00942. The van der Waals surface area contributed by atoms with Crippen molar-refractivity contribution in [1.82, 2.24) is 4.98 Å². The fourth-order valence-corrected chi connectivity index (χ4v) is 3.15. The molecule has 1 aliphatic rings. The van der Waals surface area contributed by atoms with E-state index < -0.39 is 5.97 Å². The van der Waals surface area contributed by atoms with E-state index in [1.165, 1.54) is 6.07 Å². The number of aryl methyl sites for hydroxylation is 1. The van der Waals surface area contributed by atoms with Crippen molar-refractivity contribution in [2.75, 3.05) is 0 Å². The second kappa shape index (κ2) is 5.30. The smallest absolute Gasteiger partial charge is 0.354 e. The lowest BCUT2D eigenvalue weighted by Gasteiger charge is -2.30.